The Morgan fingerprint density at radius 3 is 2.34 bits per heavy atom. The molecule has 0 bridgehead atoms. The summed E-state index contributed by atoms with van der Waals surface area (Å²) in [5.74, 6) is 0.926. The lowest BCUT2D eigenvalue weighted by atomic mass is 10.0. The van der Waals surface area contributed by atoms with Crippen molar-refractivity contribution in [3.8, 4) is 11.5 Å². The zero-order valence-electron chi connectivity index (χ0n) is 18.7. The Balaban J connectivity index is 1.62. The molecule has 0 saturated carbocycles. The van der Waals surface area contributed by atoms with E-state index in [0.717, 1.165) is 22.4 Å². The molecule has 1 N–H and O–H groups in total. The fraction of sp³-hybridized carbons (Fsp3) is 0.240. The first kappa shape index (κ1) is 22.8. The molecule has 0 radical (unpaired) electrons. The number of likely N-dealkylation sites (N-methyl/N-ethyl adjacent to an activating group) is 1. The summed E-state index contributed by atoms with van der Waals surface area (Å²) in [6, 6.07) is 14.4. The SMILES string of the molecule is COc1ccc(NC(=O)CN(C)C(=O)c2cc(C)c(OCc3cccnc3)c(C)c2)cc1. The molecule has 0 spiro atoms. The summed E-state index contributed by atoms with van der Waals surface area (Å²) < 4.78 is 11.1. The Hall–Kier alpha value is -3.87. The lowest BCUT2D eigenvalue weighted by molar-refractivity contribution is -0.116. The highest BCUT2D eigenvalue weighted by Gasteiger charge is 2.18. The summed E-state index contributed by atoms with van der Waals surface area (Å²) in [4.78, 5) is 30.7. The molecule has 0 aliphatic carbocycles. The van der Waals surface area contributed by atoms with Crippen LogP contribution < -0.4 is 14.8 Å². The number of amides is 2. The fourth-order valence-corrected chi connectivity index (χ4v) is 3.32. The van der Waals surface area contributed by atoms with Gasteiger partial charge in [-0.1, -0.05) is 6.07 Å². The van der Waals surface area contributed by atoms with Crippen molar-refractivity contribution in [2.75, 3.05) is 26.0 Å². The van der Waals surface area contributed by atoms with E-state index in [1.165, 1.54) is 4.90 Å². The second-order valence-corrected chi connectivity index (χ2v) is 7.53. The third-order valence-electron chi connectivity index (χ3n) is 4.91. The Labute approximate surface area is 188 Å². The topological polar surface area (TPSA) is 80.8 Å². The molecule has 0 saturated heterocycles. The third kappa shape index (κ3) is 5.85. The van der Waals surface area contributed by atoms with Crippen LogP contribution in [-0.4, -0.2) is 42.4 Å². The van der Waals surface area contributed by atoms with Gasteiger partial charge in [-0.2, -0.15) is 0 Å². The van der Waals surface area contributed by atoms with Gasteiger partial charge in [0.1, 0.15) is 18.1 Å². The number of benzene rings is 2. The lowest BCUT2D eigenvalue weighted by Crippen LogP contribution is -2.35. The summed E-state index contributed by atoms with van der Waals surface area (Å²) in [5.41, 5.74) is 3.82. The van der Waals surface area contributed by atoms with E-state index in [1.807, 2.05) is 26.0 Å². The molecule has 3 aromatic rings. The largest absolute Gasteiger partial charge is 0.497 e. The number of nitrogens with zero attached hydrogens (tertiary/aromatic N) is 2. The average molecular weight is 434 g/mol. The van der Waals surface area contributed by atoms with E-state index in [-0.39, 0.29) is 18.4 Å². The van der Waals surface area contributed by atoms with Gasteiger partial charge in [0.05, 0.1) is 13.7 Å². The maximum absolute atomic E-state index is 12.9. The number of hydrogen-bond donors (Lipinski definition) is 1. The number of rotatable bonds is 8. The van der Waals surface area contributed by atoms with E-state index in [1.54, 1.807) is 62.9 Å². The molecule has 0 aliphatic heterocycles. The highest BCUT2D eigenvalue weighted by atomic mass is 16.5. The van der Waals surface area contributed by atoms with Crippen LogP contribution in [0.4, 0.5) is 5.69 Å². The number of nitrogens with one attached hydrogen (secondary N) is 1. The van der Waals surface area contributed by atoms with Crippen molar-refractivity contribution in [2.24, 2.45) is 0 Å². The van der Waals surface area contributed by atoms with Gasteiger partial charge in [-0.25, -0.2) is 0 Å². The van der Waals surface area contributed by atoms with Gasteiger partial charge >= 0.3 is 0 Å². The summed E-state index contributed by atoms with van der Waals surface area (Å²) in [5, 5.41) is 2.78. The van der Waals surface area contributed by atoms with Crippen LogP contribution in [0.15, 0.2) is 60.9 Å². The molecule has 1 heterocycles. The van der Waals surface area contributed by atoms with Crippen LogP contribution in [0.5, 0.6) is 11.5 Å². The number of carbonyl (C=O) groups excluding carboxylic acids is 2. The molecule has 3 rings (SSSR count). The minimum absolute atomic E-state index is 0.0672. The number of hydrogen-bond acceptors (Lipinski definition) is 5. The molecule has 7 nitrogen and oxygen atoms in total. The number of methoxy groups -OCH3 is 1. The predicted molar refractivity (Wildman–Crippen MR) is 123 cm³/mol. The zero-order chi connectivity index (χ0) is 23.1. The van der Waals surface area contributed by atoms with E-state index in [2.05, 4.69) is 10.3 Å². The molecule has 1 aromatic heterocycles. The molecule has 2 aromatic carbocycles. The number of anilines is 1. The molecule has 0 atom stereocenters. The van der Waals surface area contributed by atoms with Crippen molar-refractivity contribution in [2.45, 2.75) is 20.5 Å². The summed E-state index contributed by atoms with van der Waals surface area (Å²) in [6.07, 6.45) is 3.47. The molecule has 0 unspecified atom stereocenters. The molecule has 0 aliphatic rings. The summed E-state index contributed by atoms with van der Waals surface area (Å²) in [7, 11) is 3.18. The number of pyridine rings is 1. The normalized spacial score (nSPS) is 10.4. The van der Waals surface area contributed by atoms with Gasteiger partial charge in [0, 0.05) is 36.3 Å². The van der Waals surface area contributed by atoms with Gasteiger partial charge in [0.15, 0.2) is 0 Å². The lowest BCUT2D eigenvalue weighted by Gasteiger charge is -2.19. The maximum Gasteiger partial charge on any atom is 0.254 e. The van der Waals surface area contributed by atoms with Crippen molar-refractivity contribution in [3.63, 3.8) is 0 Å². The first-order valence-corrected chi connectivity index (χ1v) is 10.2. The van der Waals surface area contributed by atoms with Gasteiger partial charge in [-0.15, -0.1) is 0 Å². The van der Waals surface area contributed by atoms with E-state index in [9.17, 15) is 9.59 Å². The first-order chi connectivity index (χ1) is 15.4. The van der Waals surface area contributed by atoms with Crippen molar-refractivity contribution in [3.05, 3.63) is 83.2 Å². The Morgan fingerprint density at radius 1 is 1.06 bits per heavy atom. The monoisotopic (exact) mass is 433 g/mol. The second kappa shape index (κ2) is 10.4. The van der Waals surface area contributed by atoms with Gasteiger partial charge in [-0.05, 0) is 67.4 Å². The second-order valence-electron chi connectivity index (χ2n) is 7.53. The summed E-state index contributed by atoms with van der Waals surface area (Å²) >= 11 is 0. The number of aromatic nitrogens is 1. The quantitative estimate of drug-likeness (QED) is 0.581. The van der Waals surface area contributed by atoms with Gasteiger partial charge in [-0.3, -0.25) is 14.6 Å². The van der Waals surface area contributed by atoms with Crippen LogP contribution in [0.1, 0.15) is 27.0 Å². The smallest absolute Gasteiger partial charge is 0.254 e. The maximum atomic E-state index is 12.9. The summed E-state index contributed by atoms with van der Waals surface area (Å²) in [6.45, 7) is 4.13. The molecular formula is C25H27N3O4. The van der Waals surface area contributed by atoms with E-state index < -0.39 is 0 Å². The first-order valence-electron chi connectivity index (χ1n) is 10.2. The fourth-order valence-electron chi connectivity index (χ4n) is 3.32. The van der Waals surface area contributed by atoms with Crippen LogP contribution in [-0.2, 0) is 11.4 Å². The van der Waals surface area contributed by atoms with Crippen molar-refractivity contribution >= 4 is 17.5 Å². The minimum Gasteiger partial charge on any atom is -0.497 e. The van der Waals surface area contributed by atoms with Gasteiger partial charge in [0.2, 0.25) is 5.91 Å². The van der Waals surface area contributed by atoms with Gasteiger partial charge in [0.25, 0.3) is 5.91 Å². The Bertz CT molecular complexity index is 1060. The molecule has 0 fully saturated rings. The molecular weight excluding hydrogens is 406 g/mol. The highest BCUT2D eigenvalue weighted by molar-refractivity contribution is 5.99. The average Bonchev–Trinajstić information content (AvgIpc) is 2.79. The Kier molecular flexibility index (Phi) is 7.44. The van der Waals surface area contributed by atoms with Crippen LogP contribution in [0.25, 0.3) is 0 Å². The molecule has 2 amide bonds. The molecule has 32 heavy (non-hydrogen) atoms. The Morgan fingerprint density at radius 2 is 1.75 bits per heavy atom. The molecule has 7 heteroatoms. The van der Waals surface area contributed by atoms with Crippen molar-refractivity contribution in [1.82, 2.24) is 9.88 Å². The van der Waals surface area contributed by atoms with Crippen LogP contribution >= 0.6 is 0 Å². The van der Waals surface area contributed by atoms with Gasteiger partial charge < -0.3 is 19.7 Å². The number of aryl methyl sites for hydroxylation is 2. The third-order valence-corrected chi connectivity index (χ3v) is 4.91. The van der Waals surface area contributed by atoms with E-state index >= 15 is 0 Å². The highest BCUT2D eigenvalue weighted by Crippen LogP contribution is 2.26. The molecule has 166 valence electrons. The van der Waals surface area contributed by atoms with Crippen molar-refractivity contribution < 1.29 is 19.1 Å². The van der Waals surface area contributed by atoms with E-state index in [0.29, 0.717) is 23.6 Å². The number of ether oxygens (including phenoxy) is 2. The van der Waals surface area contributed by atoms with E-state index in [4.69, 9.17) is 9.47 Å². The predicted octanol–water partition coefficient (Wildman–Crippen LogP) is 4.00. The number of carbonyl (C=O) groups is 2. The van der Waals surface area contributed by atoms with Crippen LogP contribution in [0, 0.1) is 13.8 Å². The van der Waals surface area contributed by atoms with Crippen LogP contribution in [0.3, 0.4) is 0 Å². The van der Waals surface area contributed by atoms with Crippen LogP contribution in [0.2, 0.25) is 0 Å². The van der Waals surface area contributed by atoms with Crippen molar-refractivity contribution in [1.29, 1.82) is 0 Å². The zero-order valence-corrected chi connectivity index (χ0v) is 18.7. The standard InChI is InChI=1S/C25H27N3O4/c1-17-12-20(13-18(2)24(17)32-16-19-6-5-11-26-14-19)25(30)28(3)15-23(29)27-21-7-9-22(31-4)10-8-21/h5-14H,15-16H2,1-4H3,(H,27,29). The minimum atomic E-state index is -0.282.